The Morgan fingerprint density at radius 1 is 0.813 bits per heavy atom. The first kappa shape index (κ1) is 69.2. The van der Waals surface area contributed by atoms with Crippen molar-refractivity contribution < 1.29 is 62.5 Å². The average Bonchev–Trinajstić information content (AvgIpc) is 1.60. The number of rotatable bonds is 19. The summed E-state index contributed by atoms with van der Waals surface area (Å²) in [6, 6.07) is 6.58. The van der Waals surface area contributed by atoms with Gasteiger partial charge in [0.15, 0.2) is 5.82 Å². The third-order valence-corrected chi connectivity index (χ3v) is 18.6. The molecule has 27 nitrogen and oxygen atoms in total. The summed E-state index contributed by atoms with van der Waals surface area (Å²) < 4.78 is 18.7. The minimum Gasteiger partial charge on any atom is -0.391 e. The molecule has 3 aliphatic heterocycles. The Kier molecular flexibility index (Phi) is 24.0. The number of nitrogens with two attached hydrogens (primary N) is 1. The van der Waals surface area contributed by atoms with Gasteiger partial charge in [0, 0.05) is 52.8 Å². The molecule has 9 amide bonds. The van der Waals surface area contributed by atoms with Crippen molar-refractivity contribution in [2.24, 2.45) is 16.1 Å². The van der Waals surface area contributed by atoms with Crippen LogP contribution in [0.25, 0.3) is 15.4 Å². The van der Waals surface area contributed by atoms with Crippen molar-refractivity contribution in [1.29, 1.82) is 0 Å². The first-order valence-corrected chi connectivity index (χ1v) is 32.6. The largest absolute Gasteiger partial charge is 0.391 e. The van der Waals surface area contributed by atoms with Crippen LogP contribution < -0.4 is 43.0 Å². The van der Waals surface area contributed by atoms with Crippen LogP contribution in [0.4, 0.5) is 0 Å². The third-order valence-electron chi connectivity index (χ3n) is 15.1. The van der Waals surface area contributed by atoms with Crippen molar-refractivity contribution in [2.75, 3.05) is 77.3 Å². The Bertz CT molecular complexity index is 3520. The Labute approximate surface area is 542 Å². The molecule has 6 heterocycles. The van der Waals surface area contributed by atoms with Crippen molar-refractivity contribution in [1.82, 2.24) is 61.9 Å². The van der Waals surface area contributed by atoms with Crippen molar-refractivity contribution in [2.45, 2.75) is 104 Å². The summed E-state index contributed by atoms with van der Waals surface area (Å²) in [4.78, 5) is 136. The van der Waals surface area contributed by atoms with Crippen molar-refractivity contribution in [3.63, 3.8) is 0 Å². The normalized spacial score (nSPS) is 21.3. The van der Waals surface area contributed by atoms with Crippen LogP contribution in [0.1, 0.15) is 90.2 Å². The van der Waals surface area contributed by atoms with E-state index in [0.717, 1.165) is 60.2 Å². The number of primary amides is 1. The zero-order chi connectivity index (χ0) is 65.7. The second-order valence-corrected chi connectivity index (χ2v) is 26.5. The highest BCUT2D eigenvalue weighted by Gasteiger charge is 2.45. The topological polar surface area (TPSA) is 371 Å². The zero-order valence-electron chi connectivity index (χ0n) is 51.3. The number of thiazole rings is 1. The highest BCUT2D eigenvalue weighted by Crippen LogP contribution is 2.40. The van der Waals surface area contributed by atoms with Crippen LogP contribution in [0.2, 0.25) is 5.02 Å². The van der Waals surface area contributed by atoms with Crippen LogP contribution in [0.5, 0.6) is 0 Å². The predicted octanol–water partition coefficient (Wildman–Crippen LogP) is 1.57. The predicted molar refractivity (Wildman–Crippen MR) is 340 cm³/mol. The van der Waals surface area contributed by atoms with Gasteiger partial charge >= 0.3 is 0 Å². The van der Waals surface area contributed by atoms with Crippen LogP contribution in [0.3, 0.4) is 0 Å². The number of ether oxygens (including phenoxy) is 3. The zero-order valence-corrected chi connectivity index (χ0v) is 54.6. The molecule has 0 aliphatic carbocycles. The molecule has 0 radical (unpaired) electrons. The van der Waals surface area contributed by atoms with Crippen LogP contribution in [0, 0.1) is 33.1 Å². The lowest BCUT2D eigenvalue weighted by molar-refractivity contribution is -0.144. The number of benzene rings is 2. The fraction of sp³-hybridized carbons (Fsp3) is 0.483. The lowest BCUT2D eigenvalue weighted by Gasteiger charge is -2.35. The molecule has 0 unspecified atom stereocenters. The molecule has 5 aromatic rings. The van der Waals surface area contributed by atoms with Crippen LogP contribution in [-0.2, 0) is 57.4 Å². The number of aliphatic hydroxyl groups is 1. The number of aliphatic imine (C=N–C) groups is 1. The van der Waals surface area contributed by atoms with Gasteiger partial charge in [-0.1, -0.05) is 68.8 Å². The summed E-state index contributed by atoms with van der Waals surface area (Å²) in [5, 5.41) is 39.5. The summed E-state index contributed by atoms with van der Waals surface area (Å²) in [6.07, 6.45) is -1.30. The van der Waals surface area contributed by atoms with Gasteiger partial charge in [-0.05, 0) is 61.9 Å². The van der Waals surface area contributed by atoms with E-state index in [1.54, 1.807) is 61.9 Å². The quantitative estimate of drug-likeness (QED) is 0.0530. The summed E-state index contributed by atoms with van der Waals surface area (Å²) >= 11 is 10.2. The Hall–Kier alpha value is -7.71. The van der Waals surface area contributed by atoms with Gasteiger partial charge in [-0.2, -0.15) is 0 Å². The van der Waals surface area contributed by atoms with Crippen LogP contribution in [0.15, 0.2) is 59.0 Å². The number of aromatic nitrogens is 4. The molecule has 0 spiro atoms. The molecule has 2 fully saturated rings. The van der Waals surface area contributed by atoms with Gasteiger partial charge in [0.25, 0.3) is 0 Å². The standard InChI is InChI=1S/C60H75ClN14O13S3/c1-31-33(3)91-59-48(31)49(35-12-14-38(61)15-13-35)68-40(54-73-72-34(4)75(54)59)23-44(77)63-16-17-86-18-19-87-20-21-88-27-46(79)64-24-41-55(82)69-42(53(62)81)28-89-29-47(80)70-52(60(5,6)7)58(85)74-26-39(76)22-43(74)56(83)71-50(57(84)65-25-45(78)67-41)36-8-10-37(11-9-36)51-32(2)66-30-90-51/h8-15,30,39-43,50,52,76H,16-29H2,1-7H3,(H2,62,81)(H,63,77)(H,64,79)(H,65,84)(H,67,78)(H,69,82)(H,70,80)(H,71,83)/t39-,40+,41-,42-,43+,50-,52-/m1/s1. The van der Waals surface area contributed by atoms with E-state index in [-0.39, 0.29) is 81.9 Å². The number of thiophene rings is 1. The van der Waals surface area contributed by atoms with Crippen LogP contribution in [-0.4, -0.2) is 196 Å². The smallest absolute Gasteiger partial charge is 0.247 e. The van der Waals surface area contributed by atoms with Gasteiger partial charge < -0.3 is 67.2 Å². The number of halogens is 1. The fourth-order valence-electron chi connectivity index (χ4n) is 10.2. The van der Waals surface area contributed by atoms with Gasteiger partial charge in [0.2, 0.25) is 53.2 Å². The maximum atomic E-state index is 14.3. The average molecular weight is 1330 g/mol. The number of nitrogens with one attached hydrogen (secondary N) is 7. The SMILES string of the molecule is Cc1ncsc1-c1ccc([C@H]2NC(=O)[C@@H]3C[C@@H](O)CN3C(=O)[C@H](C(C)(C)C)NC(=O)CSC[C@H](C(N)=O)NC(=O)[C@@H](CNC(=O)COCCOCCOCCNC(=O)C[C@@H]3N=C(c4ccc(Cl)cc4)c4c(sc(C)c4C)-n4c(C)nnc43)NC(=O)CNC2=O)cc1. The first-order valence-electron chi connectivity index (χ1n) is 29.3. The minimum atomic E-state index is -1.56. The lowest BCUT2D eigenvalue weighted by Crippen LogP contribution is -2.58. The van der Waals surface area contributed by atoms with Crippen molar-refractivity contribution in [3.8, 4) is 15.4 Å². The van der Waals surface area contributed by atoms with Gasteiger partial charge in [-0.3, -0.25) is 52.7 Å². The number of carbonyl (C=O) groups is 9. The number of thioether (sulfide) groups is 1. The van der Waals surface area contributed by atoms with Gasteiger partial charge in [-0.25, -0.2) is 4.98 Å². The molecule has 0 saturated carbocycles. The Balaban J connectivity index is 0.826. The van der Waals surface area contributed by atoms with E-state index in [1.165, 1.54) is 16.2 Å². The number of carbonyl (C=O) groups excluding carboxylic acids is 9. The van der Waals surface area contributed by atoms with Crippen molar-refractivity contribution in [3.05, 3.63) is 104 Å². The molecular formula is C60H75ClN14O13S3. The molecular weight excluding hydrogens is 1260 g/mol. The molecule has 3 aromatic heterocycles. The molecule has 0 bridgehead atoms. The third kappa shape index (κ3) is 18.1. The number of aliphatic hydroxyl groups excluding tert-OH is 1. The van der Waals surface area contributed by atoms with E-state index in [1.807, 2.05) is 42.7 Å². The molecule has 488 valence electrons. The van der Waals surface area contributed by atoms with Gasteiger partial charge in [0.05, 0.1) is 79.7 Å². The number of nitrogens with zero attached hydrogens (tertiary/aromatic N) is 6. The highest BCUT2D eigenvalue weighted by atomic mass is 35.5. The van der Waals surface area contributed by atoms with E-state index in [4.69, 9.17) is 36.5 Å². The van der Waals surface area contributed by atoms with E-state index in [0.29, 0.717) is 16.7 Å². The highest BCUT2D eigenvalue weighted by molar-refractivity contribution is 8.00. The number of hydrogen-bond donors (Lipinski definition) is 9. The maximum Gasteiger partial charge on any atom is 0.247 e. The number of amides is 9. The molecule has 31 heteroatoms. The maximum absolute atomic E-state index is 14.3. The van der Waals surface area contributed by atoms with Crippen molar-refractivity contribution >= 4 is 105 Å². The molecule has 10 N–H and O–H groups in total. The Morgan fingerprint density at radius 2 is 1.51 bits per heavy atom. The van der Waals surface area contributed by atoms with E-state index in [2.05, 4.69) is 66.2 Å². The number of hydrogen-bond acceptors (Lipinski definition) is 20. The van der Waals surface area contributed by atoms with E-state index < -0.39 is 115 Å². The van der Waals surface area contributed by atoms with Gasteiger partial charge in [-0.15, -0.1) is 44.6 Å². The lowest BCUT2D eigenvalue weighted by atomic mass is 9.85. The molecule has 2 saturated heterocycles. The summed E-state index contributed by atoms with van der Waals surface area (Å²) in [6.45, 7) is 11.7. The fourth-order valence-corrected chi connectivity index (χ4v) is 13.3. The van der Waals surface area contributed by atoms with E-state index in [9.17, 15) is 48.3 Å². The first-order chi connectivity index (χ1) is 43.4. The van der Waals surface area contributed by atoms with Crippen LogP contribution >= 0.6 is 46.0 Å². The van der Waals surface area contributed by atoms with E-state index >= 15 is 0 Å². The summed E-state index contributed by atoms with van der Waals surface area (Å²) in [5.41, 5.74) is 11.9. The Morgan fingerprint density at radius 3 is 2.19 bits per heavy atom. The molecule has 3 aliphatic rings. The molecule has 7 atom stereocenters. The number of aryl methyl sites for hydroxylation is 3. The molecule has 8 rings (SSSR count). The molecule has 91 heavy (non-hydrogen) atoms. The molecule has 2 aromatic carbocycles. The second-order valence-electron chi connectivity index (χ2n) is 22.9. The summed E-state index contributed by atoms with van der Waals surface area (Å²) in [5.74, 6) is -6.08. The second kappa shape index (κ2) is 31.5. The monoisotopic (exact) mass is 1330 g/mol. The summed E-state index contributed by atoms with van der Waals surface area (Å²) in [7, 11) is 0. The van der Waals surface area contributed by atoms with Gasteiger partial charge in [0.1, 0.15) is 53.7 Å². The number of fused-ring (bicyclic) bond motifs is 4. The minimum absolute atomic E-state index is 0.00714.